The molecule has 0 saturated heterocycles. The Morgan fingerprint density at radius 1 is 1.08 bits per heavy atom. The van der Waals surface area contributed by atoms with Crippen molar-refractivity contribution in [2.24, 2.45) is 5.41 Å². The molecule has 2 heteroatoms. The van der Waals surface area contributed by atoms with Gasteiger partial charge in [0.25, 0.3) is 0 Å². The molecule has 0 aromatic rings. The molecule has 0 heterocycles. The van der Waals surface area contributed by atoms with E-state index in [1.807, 2.05) is 0 Å². The maximum atomic E-state index is 5.98. The van der Waals surface area contributed by atoms with Gasteiger partial charge < -0.3 is 4.74 Å². The predicted octanol–water partition coefficient (Wildman–Crippen LogP) is 3.85. The summed E-state index contributed by atoms with van der Waals surface area (Å²) in [6.45, 7) is 8.31. The Hall–Kier alpha value is 0.250. The largest absolute Gasteiger partial charge is 0.381 e. The van der Waals surface area contributed by atoms with E-state index in [1.54, 1.807) is 0 Å². The first-order chi connectivity index (χ1) is 6.24. The Morgan fingerprint density at radius 2 is 1.69 bits per heavy atom. The number of hydrogen-bond donors (Lipinski definition) is 0. The molecule has 0 amide bonds. The van der Waals surface area contributed by atoms with Gasteiger partial charge in [0.15, 0.2) is 0 Å². The van der Waals surface area contributed by atoms with Gasteiger partial charge in [0, 0.05) is 19.1 Å². The van der Waals surface area contributed by atoms with Crippen molar-refractivity contribution in [1.82, 2.24) is 0 Å². The summed E-state index contributed by atoms with van der Waals surface area (Å²) in [5.74, 6) is 0.759. The lowest BCUT2D eigenvalue weighted by Crippen LogP contribution is -2.23. The maximum absolute atomic E-state index is 5.98. The molecule has 0 atom stereocenters. The van der Waals surface area contributed by atoms with Crippen molar-refractivity contribution >= 4 is 11.6 Å². The van der Waals surface area contributed by atoms with Gasteiger partial charge in [-0.1, -0.05) is 20.8 Å². The molecule has 1 nitrogen and oxygen atoms in total. The van der Waals surface area contributed by atoms with Crippen molar-refractivity contribution in [2.75, 3.05) is 19.1 Å². The van der Waals surface area contributed by atoms with Crippen LogP contribution in [0.5, 0.6) is 0 Å². The van der Waals surface area contributed by atoms with Crippen LogP contribution in [0, 0.1) is 5.41 Å². The highest BCUT2D eigenvalue weighted by Crippen LogP contribution is 2.31. The highest BCUT2D eigenvalue weighted by atomic mass is 35.5. The third kappa shape index (κ3) is 4.87. The standard InChI is InChI=1S/C11H23ClO/c1-4-8-13-9-7-11(5-2,6-3)10-12/h4-10H2,1-3H3. The van der Waals surface area contributed by atoms with Gasteiger partial charge in [0.05, 0.1) is 0 Å². The van der Waals surface area contributed by atoms with Crippen molar-refractivity contribution in [3.63, 3.8) is 0 Å². The molecule has 0 bridgehead atoms. The molecule has 0 radical (unpaired) electrons. The number of alkyl halides is 1. The average molecular weight is 207 g/mol. The summed E-state index contributed by atoms with van der Waals surface area (Å²) in [5.41, 5.74) is 0.315. The zero-order valence-corrected chi connectivity index (χ0v) is 9.99. The number of ether oxygens (including phenoxy) is 1. The summed E-state index contributed by atoms with van der Waals surface area (Å²) in [6, 6.07) is 0. The Bertz CT molecular complexity index is 102. The predicted molar refractivity (Wildman–Crippen MR) is 59.5 cm³/mol. The zero-order valence-electron chi connectivity index (χ0n) is 9.24. The lowest BCUT2D eigenvalue weighted by Gasteiger charge is -2.28. The van der Waals surface area contributed by atoms with Crippen molar-refractivity contribution in [1.29, 1.82) is 0 Å². The van der Waals surface area contributed by atoms with Crippen molar-refractivity contribution in [3.05, 3.63) is 0 Å². The quantitative estimate of drug-likeness (QED) is 0.433. The molecule has 0 fully saturated rings. The monoisotopic (exact) mass is 206 g/mol. The maximum Gasteiger partial charge on any atom is 0.0471 e. The molecule has 0 aromatic heterocycles. The van der Waals surface area contributed by atoms with Crippen LogP contribution in [-0.2, 0) is 4.74 Å². The van der Waals surface area contributed by atoms with Gasteiger partial charge in [-0.25, -0.2) is 0 Å². The summed E-state index contributed by atoms with van der Waals surface area (Å²) in [5, 5.41) is 0. The molecule has 80 valence electrons. The van der Waals surface area contributed by atoms with Gasteiger partial charge in [0.1, 0.15) is 0 Å². The minimum absolute atomic E-state index is 0.315. The second-order valence-corrected chi connectivity index (χ2v) is 3.97. The van der Waals surface area contributed by atoms with Crippen LogP contribution in [0.4, 0.5) is 0 Å². The fourth-order valence-electron chi connectivity index (χ4n) is 1.39. The fourth-order valence-corrected chi connectivity index (χ4v) is 1.91. The summed E-state index contributed by atoms with van der Waals surface area (Å²) in [6.07, 6.45) is 4.51. The molecule has 0 rings (SSSR count). The van der Waals surface area contributed by atoms with E-state index in [4.69, 9.17) is 16.3 Å². The van der Waals surface area contributed by atoms with Crippen LogP contribution in [0.2, 0.25) is 0 Å². The SMILES string of the molecule is CCCOCCC(CC)(CC)CCl. The molecule has 13 heavy (non-hydrogen) atoms. The second kappa shape index (κ2) is 7.64. The lowest BCUT2D eigenvalue weighted by molar-refractivity contribution is 0.0970. The van der Waals surface area contributed by atoms with Crippen LogP contribution < -0.4 is 0 Å². The third-order valence-corrected chi connectivity index (χ3v) is 3.48. The summed E-state index contributed by atoms with van der Waals surface area (Å²) >= 11 is 5.98. The molecule has 0 N–H and O–H groups in total. The fraction of sp³-hybridized carbons (Fsp3) is 1.00. The van der Waals surface area contributed by atoms with Gasteiger partial charge in [-0.05, 0) is 31.1 Å². The van der Waals surface area contributed by atoms with Crippen LogP contribution in [-0.4, -0.2) is 19.1 Å². The van der Waals surface area contributed by atoms with Crippen molar-refractivity contribution in [3.8, 4) is 0 Å². The van der Waals surface area contributed by atoms with E-state index >= 15 is 0 Å². The van der Waals surface area contributed by atoms with Crippen molar-refractivity contribution < 1.29 is 4.74 Å². The molecular formula is C11H23ClO. The third-order valence-electron chi connectivity index (χ3n) is 2.91. The second-order valence-electron chi connectivity index (χ2n) is 3.70. The number of rotatable bonds is 8. The van der Waals surface area contributed by atoms with E-state index in [-0.39, 0.29) is 0 Å². The topological polar surface area (TPSA) is 9.23 Å². The molecule has 0 spiro atoms. The molecule has 0 aromatic carbocycles. The van der Waals surface area contributed by atoms with Gasteiger partial charge in [-0.2, -0.15) is 0 Å². The molecular weight excluding hydrogens is 184 g/mol. The molecule has 0 saturated carbocycles. The Morgan fingerprint density at radius 3 is 2.08 bits per heavy atom. The molecule has 0 aliphatic carbocycles. The van der Waals surface area contributed by atoms with Gasteiger partial charge in [0.2, 0.25) is 0 Å². The van der Waals surface area contributed by atoms with Crippen LogP contribution in [0.3, 0.4) is 0 Å². The van der Waals surface area contributed by atoms with Gasteiger partial charge >= 0.3 is 0 Å². The van der Waals surface area contributed by atoms with E-state index in [0.717, 1.165) is 44.8 Å². The van der Waals surface area contributed by atoms with Crippen LogP contribution in [0.1, 0.15) is 46.5 Å². The summed E-state index contributed by atoms with van der Waals surface area (Å²) < 4.78 is 5.49. The highest BCUT2D eigenvalue weighted by molar-refractivity contribution is 6.18. The van der Waals surface area contributed by atoms with Crippen LogP contribution >= 0.6 is 11.6 Å². The van der Waals surface area contributed by atoms with Crippen LogP contribution in [0.15, 0.2) is 0 Å². The van der Waals surface area contributed by atoms with E-state index in [9.17, 15) is 0 Å². The van der Waals surface area contributed by atoms with Crippen molar-refractivity contribution in [2.45, 2.75) is 46.5 Å². The van der Waals surface area contributed by atoms with Crippen LogP contribution in [0.25, 0.3) is 0 Å². The number of halogens is 1. The average Bonchev–Trinajstić information content (AvgIpc) is 2.20. The summed E-state index contributed by atoms with van der Waals surface area (Å²) in [4.78, 5) is 0. The van der Waals surface area contributed by atoms with E-state index < -0.39 is 0 Å². The smallest absolute Gasteiger partial charge is 0.0471 e. The van der Waals surface area contributed by atoms with Gasteiger partial charge in [-0.3, -0.25) is 0 Å². The zero-order chi connectivity index (χ0) is 10.2. The first kappa shape index (κ1) is 13.2. The Balaban J connectivity index is 3.68. The molecule has 0 aliphatic heterocycles. The highest BCUT2D eigenvalue weighted by Gasteiger charge is 2.24. The minimum Gasteiger partial charge on any atom is -0.381 e. The first-order valence-corrected chi connectivity index (χ1v) is 5.91. The number of hydrogen-bond acceptors (Lipinski definition) is 1. The minimum atomic E-state index is 0.315. The van der Waals surface area contributed by atoms with E-state index in [1.165, 1.54) is 0 Å². The first-order valence-electron chi connectivity index (χ1n) is 5.38. The lowest BCUT2D eigenvalue weighted by atomic mass is 9.81. The Kier molecular flexibility index (Phi) is 7.78. The van der Waals surface area contributed by atoms with Gasteiger partial charge in [-0.15, -0.1) is 11.6 Å². The van der Waals surface area contributed by atoms with E-state index in [2.05, 4.69) is 20.8 Å². The summed E-state index contributed by atoms with van der Waals surface area (Å²) in [7, 11) is 0. The molecule has 0 unspecified atom stereocenters. The normalized spacial score (nSPS) is 12.0. The molecule has 0 aliphatic rings. The van der Waals surface area contributed by atoms with E-state index in [0.29, 0.717) is 5.41 Å². The Labute approximate surface area is 87.8 Å².